The summed E-state index contributed by atoms with van der Waals surface area (Å²) in [5.41, 5.74) is 32.4. The van der Waals surface area contributed by atoms with Crippen molar-refractivity contribution in [2.75, 3.05) is 0 Å². The number of nitrogens with zero attached hydrogens (tertiary/aromatic N) is 2. The molecule has 0 aliphatic rings. The van der Waals surface area contributed by atoms with Gasteiger partial charge in [0.15, 0.2) is 0 Å². The van der Waals surface area contributed by atoms with Crippen LogP contribution in [0.5, 0.6) is 0 Å². The zero-order valence-electron chi connectivity index (χ0n) is 59.2. The number of pyridine rings is 2. The second-order valence-corrected chi connectivity index (χ2v) is 28.1. The Hall–Kier alpha value is -14.2. The summed E-state index contributed by atoms with van der Waals surface area (Å²) in [5.74, 6) is 0. The van der Waals surface area contributed by atoms with E-state index in [0.717, 1.165) is 88.6 Å². The van der Waals surface area contributed by atoms with Gasteiger partial charge in [-0.05, 0) is 254 Å². The van der Waals surface area contributed by atoms with E-state index in [9.17, 15) is 0 Å². The Balaban J connectivity index is 0.676. The lowest BCUT2D eigenvalue weighted by Crippen LogP contribution is -1.94. The van der Waals surface area contributed by atoms with Gasteiger partial charge in [-0.25, -0.2) is 0 Å². The molecule has 0 saturated carbocycles. The Labute approximate surface area is 628 Å². The molecule has 0 saturated heterocycles. The quantitative estimate of drug-likeness (QED) is 0.108. The van der Waals surface area contributed by atoms with Crippen LogP contribution in [0, 0.1) is 0 Å². The molecule has 2 heterocycles. The van der Waals surface area contributed by atoms with E-state index >= 15 is 0 Å². The number of para-hydroxylation sites is 1. The molecule has 0 bridgehead atoms. The summed E-state index contributed by atoms with van der Waals surface area (Å²) >= 11 is 0. The predicted molar refractivity (Wildman–Crippen MR) is 458 cm³/mol. The maximum absolute atomic E-state index is 5.13. The number of benzene rings is 18. The summed E-state index contributed by atoms with van der Waals surface area (Å²) in [6, 6.07) is 147. The largest absolute Gasteiger partial charge is 0.256 e. The lowest BCUT2D eigenvalue weighted by Gasteiger charge is -2.21. The molecule has 2 aromatic heterocycles. The summed E-state index contributed by atoms with van der Waals surface area (Å²) in [4.78, 5) is 9.83. The first-order valence-electron chi connectivity index (χ1n) is 37.2. The van der Waals surface area contributed by atoms with Crippen LogP contribution in [0.1, 0.15) is 0 Å². The maximum Gasteiger partial charge on any atom is 0.0714 e. The summed E-state index contributed by atoms with van der Waals surface area (Å²) in [7, 11) is 0. The molecule has 108 heavy (non-hydrogen) atoms. The smallest absolute Gasteiger partial charge is 0.0714 e. The van der Waals surface area contributed by atoms with Gasteiger partial charge in [0.1, 0.15) is 0 Å². The minimum absolute atomic E-state index is 0.937. The molecule has 0 aliphatic carbocycles. The standard InChI is InChI=1S/C106H68N2/c1-4-27-69(28-5-1)84-43-10-11-44-85(84)75-35-24-40-80(63-75)104-94-50-16-18-52-96(94)106(97-53-19-17-51-95(97)104)82-42-26-37-77(65-82)87-58-60-108-101-68-74(55-56-89(87)101)72-33-22-38-78(61-72)99-67-83(66-98(70-29-6-2-7-30-70)102(99)71-31-8-3-9-32-71)73-34-23-39-79(62-73)103-90-46-12-14-48-92(90)105(93-49-15-13-47-91(93)103)81-41-25-36-76(64-81)86-57-59-107-100-54-21-20-45-88(86)100/h1-68H. The van der Waals surface area contributed by atoms with E-state index in [-0.39, 0.29) is 0 Å². The van der Waals surface area contributed by atoms with Crippen molar-refractivity contribution in [1.29, 1.82) is 0 Å². The number of fused-ring (bicyclic) bond motifs is 6. The van der Waals surface area contributed by atoms with E-state index in [1.165, 1.54) is 121 Å². The summed E-state index contributed by atoms with van der Waals surface area (Å²) < 4.78 is 0. The highest BCUT2D eigenvalue weighted by atomic mass is 14.7. The molecule has 2 heteroatoms. The lowest BCUT2D eigenvalue weighted by molar-refractivity contribution is 1.41. The average Bonchev–Trinajstić information content (AvgIpc) is 0.737. The van der Waals surface area contributed by atoms with E-state index in [4.69, 9.17) is 9.97 Å². The zero-order chi connectivity index (χ0) is 71.4. The fourth-order valence-corrected chi connectivity index (χ4v) is 17.1. The topological polar surface area (TPSA) is 25.8 Å². The molecule has 0 amide bonds. The third-order valence-corrected chi connectivity index (χ3v) is 21.9. The minimum atomic E-state index is 0.937. The second kappa shape index (κ2) is 27.1. The summed E-state index contributed by atoms with van der Waals surface area (Å²) in [6.45, 7) is 0. The van der Waals surface area contributed by atoms with Crippen molar-refractivity contribution >= 4 is 64.9 Å². The number of hydrogen-bond acceptors (Lipinski definition) is 2. The molecular weight excluding hydrogens is 1300 g/mol. The van der Waals surface area contributed by atoms with Gasteiger partial charge in [-0.2, -0.15) is 0 Å². The predicted octanol–water partition coefficient (Wildman–Crippen LogP) is 29.1. The zero-order valence-corrected chi connectivity index (χ0v) is 59.2. The molecule has 2 nitrogen and oxygen atoms in total. The van der Waals surface area contributed by atoms with E-state index in [1.807, 2.05) is 12.4 Å². The normalized spacial score (nSPS) is 11.5. The Morgan fingerprint density at radius 2 is 0.398 bits per heavy atom. The molecule has 20 rings (SSSR count). The van der Waals surface area contributed by atoms with Crippen LogP contribution in [0.3, 0.4) is 0 Å². The molecule has 20 aromatic rings. The van der Waals surface area contributed by atoms with E-state index < -0.39 is 0 Å². The van der Waals surface area contributed by atoms with Crippen molar-refractivity contribution in [2.45, 2.75) is 0 Å². The molecular formula is C106H68N2. The first-order chi connectivity index (χ1) is 53.6. The highest BCUT2D eigenvalue weighted by Crippen LogP contribution is 2.50. The van der Waals surface area contributed by atoms with Crippen LogP contribution in [-0.4, -0.2) is 9.97 Å². The molecule has 0 atom stereocenters. The third kappa shape index (κ3) is 11.3. The number of rotatable bonds is 13. The third-order valence-electron chi connectivity index (χ3n) is 21.9. The van der Waals surface area contributed by atoms with Crippen LogP contribution in [0.2, 0.25) is 0 Å². The van der Waals surface area contributed by atoms with Crippen molar-refractivity contribution in [2.24, 2.45) is 0 Å². The summed E-state index contributed by atoms with van der Waals surface area (Å²) in [6.07, 6.45) is 3.90. The van der Waals surface area contributed by atoms with Gasteiger partial charge in [-0.15, -0.1) is 0 Å². The van der Waals surface area contributed by atoms with Crippen molar-refractivity contribution in [3.05, 3.63) is 413 Å². The molecule has 502 valence electrons. The molecule has 0 spiro atoms. The van der Waals surface area contributed by atoms with Crippen molar-refractivity contribution in [3.63, 3.8) is 0 Å². The molecule has 0 radical (unpaired) electrons. The van der Waals surface area contributed by atoms with Crippen LogP contribution < -0.4 is 0 Å². The average molecular weight is 1370 g/mol. The van der Waals surface area contributed by atoms with Crippen LogP contribution in [0.15, 0.2) is 413 Å². The van der Waals surface area contributed by atoms with Crippen molar-refractivity contribution < 1.29 is 0 Å². The van der Waals surface area contributed by atoms with E-state index in [1.54, 1.807) is 0 Å². The van der Waals surface area contributed by atoms with E-state index in [2.05, 4.69) is 400 Å². The minimum Gasteiger partial charge on any atom is -0.256 e. The molecule has 18 aromatic carbocycles. The van der Waals surface area contributed by atoms with Gasteiger partial charge in [0.25, 0.3) is 0 Å². The van der Waals surface area contributed by atoms with Gasteiger partial charge < -0.3 is 0 Å². The molecule has 0 unspecified atom stereocenters. The molecule has 0 fully saturated rings. The fraction of sp³-hybridized carbons (Fsp3) is 0. The molecule has 0 aliphatic heterocycles. The summed E-state index contributed by atoms with van der Waals surface area (Å²) in [5, 5.41) is 12.0. The molecule has 0 N–H and O–H groups in total. The first-order valence-corrected chi connectivity index (χ1v) is 37.2. The SMILES string of the molecule is c1ccc(-c2ccccc2-c2cccc(-c3c4ccccc4c(-c4cccc(-c5ccnc6cc(-c7cccc(-c8cc(-c9cccc(-c%10c%11ccccc%11c(-c%11cccc(-c%12ccnc%13ccccc%12%13)c%11)c%11ccccc%10%11)c9)cc(-c9ccccc9)c8-c8ccccc8)c7)ccc56)c4)c4ccccc34)c2)cc1. The highest BCUT2D eigenvalue weighted by molar-refractivity contribution is 6.23. The van der Waals surface area contributed by atoms with Gasteiger partial charge in [-0.3, -0.25) is 9.97 Å². The van der Waals surface area contributed by atoms with Crippen molar-refractivity contribution in [1.82, 2.24) is 9.97 Å². The lowest BCUT2D eigenvalue weighted by atomic mass is 9.83. The Bertz CT molecular complexity index is 6790. The van der Waals surface area contributed by atoms with Crippen LogP contribution >= 0.6 is 0 Å². The van der Waals surface area contributed by atoms with Gasteiger partial charge in [0, 0.05) is 23.2 Å². The maximum atomic E-state index is 5.13. The van der Waals surface area contributed by atoms with Crippen molar-refractivity contribution in [3.8, 4) is 145 Å². The fourth-order valence-electron chi connectivity index (χ4n) is 17.1. The van der Waals surface area contributed by atoms with Gasteiger partial charge in [0.2, 0.25) is 0 Å². The van der Waals surface area contributed by atoms with Gasteiger partial charge >= 0.3 is 0 Å². The van der Waals surface area contributed by atoms with Crippen LogP contribution in [-0.2, 0) is 0 Å². The monoisotopic (exact) mass is 1370 g/mol. The van der Waals surface area contributed by atoms with Crippen LogP contribution in [0.4, 0.5) is 0 Å². The van der Waals surface area contributed by atoms with Gasteiger partial charge in [0.05, 0.1) is 11.0 Å². The van der Waals surface area contributed by atoms with Crippen LogP contribution in [0.25, 0.3) is 210 Å². The number of aromatic nitrogens is 2. The Morgan fingerprint density at radius 1 is 0.120 bits per heavy atom. The Morgan fingerprint density at radius 3 is 0.852 bits per heavy atom. The van der Waals surface area contributed by atoms with Gasteiger partial charge in [-0.1, -0.05) is 334 Å². The number of hydrogen-bond donors (Lipinski definition) is 0. The first kappa shape index (κ1) is 63.5. The highest BCUT2D eigenvalue weighted by Gasteiger charge is 2.24. The van der Waals surface area contributed by atoms with E-state index in [0.29, 0.717) is 0 Å². The Kier molecular flexibility index (Phi) is 16.0. The second-order valence-electron chi connectivity index (χ2n) is 28.1.